The normalized spacial score (nSPS) is 15.3. The first-order valence-electron chi connectivity index (χ1n) is 9.20. The maximum Gasteiger partial charge on any atom is 0.281 e. The highest BCUT2D eigenvalue weighted by Crippen LogP contribution is 2.33. The first-order valence-corrected chi connectivity index (χ1v) is 9.61. The molecule has 152 valence electrons. The van der Waals surface area contributed by atoms with Crippen LogP contribution in [0.5, 0.6) is 17.2 Å². The third-order valence-corrected chi connectivity index (χ3v) is 5.19. The number of nitrogens with zero attached hydrogens (tertiary/aromatic N) is 2. The number of carbonyl (C=O) groups is 1. The van der Waals surface area contributed by atoms with Crippen LogP contribution < -0.4 is 19.1 Å². The van der Waals surface area contributed by atoms with Crippen molar-refractivity contribution < 1.29 is 19.0 Å². The lowest BCUT2D eigenvalue weighted by Gasteiger charge is -2.16. The second-order valence-electron chi connectivity index (χ2n) is 6.50. The molecule has 0 aromatic heterocycles. The molecule has 0 spiro atoms. The number of aryl methyl sites for hydroxylation is 1. The number of carbonyl (C=O) groups excluding carboxylic acids is 1. The van der Waals surface area contributed by atoms with Crippen LogP contribution in [0, 0.1) is 6.92 Å². The number of amides is 1. The number of likely N-dealkylation sites (N-methyl/N-ethyl adjacent to an activating group) is 1. The maximum atomic E-state index is 13.2. The van der Waals surface area contributed by atoms with Crippen molar-refractivity contribution in [2.45, 2.75) is 13.8 Å². The van der Waals surface area contributed by atoms with E-state index in [0.29, 0.717) is 34.6 Å². The maximum absolute atomic E-state index is 13.2. The highest BCUT2D eigenvalue weighted by Gasteiger charge is 2.36. The smallest absolute Gasteiger partial charge is 0.281 e. The second-order valence-corrected chi connectivity index (χ2v) is 6.87. The van der Waals surface area contributed by atoms with Crippen LogP contribution in [0.15, 0.2) is 42.1 Å². The van der Waals surface area contributed by atoms with E-state index in [1.807, 2.05) is 56.3 Å². The summed E-state index contributed by atoms with van der Waals surface area (Å²) in [6.45, 7) is 4.46. The van der Waals surface area contributed by atoms with Crippen LogP contribution in [0.3, 0.4) is 0 Å². The molecular formula is C22H24N2O4S. The van der Waals surface area contributed by atoms with Gasteiger partial charge in [-0.2, -0.15) is 0 Å². The molecule has 1 fully saturated rings. The summed E-state index contributed by atoms with van der Waals surface area (Å²) in [6, 6.07) is 11.0. The SMILES string of the molecule is CCOc1ccc(N2C(=O)/C(=C\c3cc(OC)c(OC)cc3C)N(C)C2=S)cc1. The van der Waals surface area contributed by atoms with Gasteiger partial charge in [0, 0.05) is 7.05 Å². The quantitative estimate of drug-likeness (QED) is 0.528. The van der Waals surface area contributed by atoms with E-state index in [0.717, 1.165) is 16.9 Å². The molecule has 0 unspecified atom stereocenters. The Labute approximate surface area is 176 Å². The predicted molar refractivity (Wildman–Crippen MR) is 118 cm³/mol. The fourth-order valence-electron chi connectivity index (χ4n) is 3.14. The summed E-state index contributed by atoms with van der Waals surface area (Å²) in [5, 5.41) is 0.420. The summed E-state index contributed by atoms with van der Waals surface area (Å²) >= 11 is 5.53. The van der Waals surface area contributed by atoms with Gasteiger partial charge in [0.1, 0.15) is 11.4 Å². The molecule has 2 aromatic rings. The van der Waals surface area contributed by atoms with Crippen LogP contribution in [0.4, 0.5) is 5.69 Å². The molecule has 0 N–H and O–H groups in total. The standard InChI is InChI=1S/C22H24N2O4S/c1-6-28-17-9-7-16(8-10-17)24-21(25)18(23(3)22(24)29)12-15-13-20(27-5)19(26-4)11-14(15)2/h7-13H,6H2,1-5H3/b18-12+. The molecule has 0 atom stereocenters. The molecule has 0 aliphatic carbocycles. The van der Waals surface area contributed by atoms with Crippen LogP contribution in [0.2, 0.25) is 0 Å². The average Bonchev–Trinajstić information content (AvgIpc) is 2.93. The van der Waals surface area contributed by atoms with E-state index in [1.165, 1.54) is 4.90 Å². The molecule has 3 rings (SSSR count). The highest BCUT2D eigenvalue weighted by molar-refractivity contribution is 7.80. The minimum absolute atomic E-state index is 0.184. The van der Waals surface area contributed by atoms with Crippen molar-refractivity contribution in [2.75, 3.05) is 32.8 Å². The first kappa shape index (κ1) is 20.7. The van der Waals surface area contributed by atoms with Gasteiger partial charge in [-0.15, -0.1) is 0 Å². The van der Waals surface area contributed by atoms with Crippen molar-refractivity contribution in [1.29, 1.82) is 0 Å². The van der Waals surface area contributed by atoms with Crippen LogP contribution >= 0.6 is 12.2 Å². The lowest BCUT2D eigenvalue weighted by molar-refractivity contribution is -0.114. The van der Waals surface area contributed by atoms with Crippen molar-refractivity contribution in [3.05, 3.63) is 53.2 Å². The van der Waals surface area contributed by atoms with E-state index in [4.69, 9.17) is 26.4 Å². The summed E-state index contributed by atoms with van der Waals surface area (Å²) < 4.78 is 16.2. The van der Waals surface area contributed by atoms with Crippen LogP contribution in [0.25, 0.3) is 6.08 Å². The van der Waals surface area contributed by atoms with Gasteiger partial charge < -0.3 is 19.1 Å². The second kappa shape index (κ2) is 8.53. The molecule has 1 aliphatic rings. The van der Waals surface area contributed by atoms with Crippen molar-refractivity contribution in [2.24, 2.45) is 0 Å². The summed E-state index contributed by atoms with van der Waals surface area (Å²) in [4.78, 5) is 16.4. The first-order chi connectivity index (χ1) is 13.9. The zero-order chi connectivity index (χ0) is 21.1. The molecule has 7 heteroatoms. The topological polar surface area (TPSA) is 51.2 Å². The molecule has 0 radical (unpaired) electrons. The Morgan fingerprint density at radius 1 is 1.07 bits per heavy atom. The van der Waals surface area contributed by atoms with Gasteiger partial charge in [-0.1, -0.05) is 0 Å². The Kier molecular flexibility index (Phi) is 6.08. The van der Waals surface area contributed by atoms with Crippen molar-refractivity contribution in [3.63, 3.8) is 0 Å². The molecule has 6 nitrogen and oxygen atoms in total. The average molecular weight is 413 g/mol. The van der Waals surface area contributed by atoms with E-state index < -0.39 is 0 Å². The third-order valence-electron chi connectivity index (χ3n) is 4.73. The highest BCUT2D eigenvalue weighted by atomic mass is 32.1. The lowest BCUT2D eigenvalue weighted by atomic mass is 10.1. The van der Waals surface area contributed by atoms with Gasteiger partial charge in [0.25, 0.3) is 5.91 Å². The van der Waals surface area contributed by atoms with Gasteiger partial charge in [0.05, 0.1) is 26.5 Å². The van der Waals surface area contributed by atoms with Gasteiger partial charge in [-0.3, -0.25) is 9.69 Å². The van der Waals surface area contributed by atoms with E-state index in [1.54, 1.807) is 26.2 Å². The molecular weight excluding hydrogens is 388 g/mol. The van der Waals surface area contributed by atoms with Gasteiger partial charge in [-0.05, 0) is 79.7 Å². The zero-order valence-electron chi connectivity index (χ0n) is 17.2. The third kappa shape index (κ3) is 3.91. The Morgan fingerprint density at radius 2 is 1.69 bits per heavy atom. The fourth-order valence-corrected chi connectivity index (χ4v) is 3.43. The summed E-state index contributed by atoms with van der Waals surface area (Å²) in [5.74, 6) is 1.81. The number of benzene rings is 2. The zero-order valence-corrected chi connectivity index (χ0v) is 18.0. The monoisotopic (exact) mass is 412 g/mol. The number of thiocarbonyl (C=S) groups is 1. The molecule has 1 saturated heterocycles. The molecule has 1 amide bonds. The minimum Gasteiger partial charge on any atom is -0.494 e. The Morgan fingerprint density at radius 3 is 2.28 bits per heavy atom. The van der Waals surface area contributed by atoms with E-state index >= 15 is 0 Å². The predicted octanol–water partition coefficient (Wildman–Crippen LogP) is 4.02. The molecule has 1 heterocycles. The van der Waals surface area contributed by atoms with E-state index in [-0.39, 0.29) is 5.91 Å². The molecule has 29 heavy (non-hydrogen) atoms. The van der Waals surface area contributed by atoms with Gasteiger partial charge in [0.2, 0.25) is 0 Å². The number of hydrogen-bond donors (Lipinski definition) is 0. The number of rotatable bonds is 6. The van der Waals surface area contributed by atoms with E-state index in [2.05, 4.69) is 0 Å². The van der Waals surface area contributed by atoms with Crippen molar-refractivity contribution in [1.82, 2.24) is 4.90 Å². The number of ether oxygens (including phenoxy) is 3. The number of hydrogen-bond acceptors (Lipinski definition) is 5. The Bertz CT molecular complexity index is 970. The van der Waals surface area contributed by atoms with Crippen molar-refractivity contribution >= 4 is 35.0 Å². The summed E-state index contributed by atoms with van der Waals surface area (Å²) in [5.41, 5.74) is 3.00. The fraction of sp³-hybridized carbons (Fsp3) is 0.273. The minimum atomic E-state index is -0.184. The summed E-state index contributed by atoms with van der Waals surface area (Å²) in [7, 11) is 4.97. The van der Waals surface area contributed by atoms with Crippen LogP contribution in [-0.2, 0) is 4.79 Å². The van der Waals surface area contributed by atoms with Gasteiger partial charge in [-0.25, -0.2) is 0 Å². The molecule has 0 saturated carbocycles. The Hall–Kier alpha value is -3.06. The molecule has 0 bridgehead atoms. The van der Waals surface area contributed by atoms with Crippen LogP contribution in [0.1, 0.15) is 18.1 Å². The van der Waals surface area contributed by atoms with Crippen molar-refractivity contribution in [3.8, 4) is 17.2 Å². The van der Waals surface area contributed by atoms with Gasteiger partial charge >= 0.3 is 0 Å². The molecule has 1 aliphatic heterocycles. The largest absolute Gasteiger partial charge is 0.494 e. The molecule has 2 aromatic carbocycles. The Balaban J connectivity index is 1.97. The summed E-state index contributed by atoms with van der Waals surface area (Å²) in [6.07, 6.45) is 1.82. The number of methoxy groups -OCH3 is 2. The van der Waals surface area contributed by atoms with E-state index in [9.17, 15) is 4.79 Å². The van der Waals surface area contributed by atoms with Crippen LogP contribution in [-0.4, -0.2) is 43.8 Å². The lowest BCUT2D eigenvalue weighted by Crippen LogP contribution is -2.31. The number of anilines is 1. The van der Waals surface area contributed by atoms with Gasteiger partial charge in [0.15, 0.2) is 16.6 Å².